The van der Waals surface area contributed by atoms with E-state index in [9.17, 15) is 4.79 Å². The molecule has 1 aliphatic rings. The van der Waals surface area contributed by atoms with Crippen LogP contribution in [0, 0.1) is 0 Å². The topological polar surface area (TPSA) is 58.4 Å². The number of nitrogens with two attached hydrogens (primary N) is 1. The predicted molar refractivity (Wildman–Crippen MR) is 110 cm³/mol. The predicted octanol–water partition coefficient (Wildman–Crippen LogP) is 3.67. The Morgan fingerprint density at radius 1 is 1.16 bits per heavy atom. The van der Waals surface area contributed by atoms with E-state index in [2.05, 4.69) is 27.7 Å². The zero-order chi connectivity index (χ0) is 16.1. The summed E-state index contributed by atoms with van der Waals surface area (Å²) in [7, 11) is 0. The fraction of sp³-hybridized carbons (Fsp3) is 0.389. The van der Waals surface area contributed by atoms with Crippen LogP contribution in [0.15, 0.2) is 41.8 Å². The number of benzene rings is 1. The molecular formula is C18H25Cl2N3OS. The normalized spacial score (nSPS) is 15.0. The number of halogens is 2. The third-order valence-electron chi connectivity index (χ3n) is 4.29. The van der Waals surface area contributed by atoms with E-state index in [1.165, 1.54) is 17.7 Å². The lowest BCUT2D eigenvalue weighted by molar-refractivity contribution is -0.120. The summed E-state index contributed by atoms with van der Waals surface area (Å²) >= 11 is 1.77. The van der Waals surface area contributed by atoms with Gasteiger partial charge in [0.15, 0.2) is 0 Å². The van der Waals surface area contributed by atoms with Crippen molar-refractivity contribution in [3.8, 4) is 0 Å². The second-order valence-corrected chi connectivity index (χ2v) is 6.98. The summed E-state index contributed by atoms with van der Waals surface area (Å²) in [4.78, 5) is 16.0. The fourth-order valence-corrected chi connectivity index (χ4v) is 3.90. The number of hydrogen-bond donors (Lipinski definition) is 2. The van der Waals surface area contributed by atoms with Crippen molar-refractivity contribution in [2.45, 2.75) is 25.3 Å². The smallest absolute Gasteiger partial charge is 0.224 e. The average Bonchev–Trinajstić information content (AvgIpc) is 3.24. The van der Waals surface area contributed by atoms with E-state index < -0.39 is 0 Å². The molecule has 2 aromatic rings. The van der Waals surface area contributed by atoms with Gasteiger partial charge in [0, 0.05) is 17.1 Å². The van der Waals surface area contributed by atoms with Gasteiger partial charge in [0.05, 0.1) is 12.5 Å². The molecule has 0 aliphatic carbocycles. The largest absolute Gasteiger partial charge is 0.399 e. The summed E-state index contributed by atoms with van der Waals surface area (Å²) in [5, 5.41) is 5.21. The van der Waals surface area contributed by atoms with Crippen molar-refractivity contribution in [2.75, 3.05) is 25.4 Å². The number of nitrogen functional groups attached to an aromatic ring is 1. The van der Waals surface area contributed by atoms with Crippen LogP contribution in [-0.2, 0) is 11.2 Å². The maximum absolute atomic E-state index is 12.2. The number of nitrogens with zero attached hydrogens (tertiary/aromatic N) is 1. The van der Waals surface area contributed by atoms with Gasteiger partial charge >= 0.3 is 0 Å². The molecule has 0 spiro atoms. The Morgan fingerprint density at radius 2 is 1.84 bits per heavy atom. The van der Waals surface area contributed by atoms with Crippen LogP contribution in [0.4, 0.5) is 5.69 Å². The number of amides is 1. The second-order valence-electron chi connectivity index (χ2n) is 6.00. The molecule has 1 saturated heterocycles. The van der Waals surface area contributed by atoms with E-state index >= 15 is 0 Å². The Kier molecular flexibility index (Phi) is 9.28. The molecule has 1 aromatic heterocycles. The molecule has 1 unspecified atom stereocenters. The maximum atomic E-state index is 12.2. The van der Waals surface area contributed by atoms with Crippen molar-refractivity contribution in [3.63, 3.8) is 0 Å². The van der Waals surface area contributed by atoms with E-state index in [-0.39, 0.29) is 30.7 Å². The SMILES string of the molecule is Cl.Cl.Nc1ccc(CC(=O)NCC(c2cccs2)N2CCCC2)cc1. The molecule has 0 saturated carbocycles. The van der Waals surface area contributed by atoms with Gasteiger partial charge in [-0.25, -0.2) is 0 Å². The van der Waals surface area contributed by atoms with Gasteiger partial charge in [-0.1, -0.05) is 18.2 Å². The Morgan fingerprint density at radius 3 is 2.44 bits per heavy atom. The molecule has 3 rings (SSSR count). The average molecular weight is 402 g/mol. The number of likely N-dealkylation sites (tertiary alicyclic amines) is 1. The van der Waals surface area contributed by atoms with Gasteiger partial charge in [-0.2, -0.15) is 0 Å². The molecule has 0 bridgehead atoms. The highest BCUT2D eigenvalue weighted by Gasteiger charge is 2.24. The number of nitrogens with one attached hydrogen (secondary N) is 1. The van der Waals surface area contributed by atoms with Gasteiger partial charge < -0.3 is 11.1 Å². The highest BCUT2D eigenvalue weighted by molar-refractivity contribution is 7.10. The summed E-state index contributed by atoms with van der Waals surface area (Å²) in [5.41, 5.74) is 7.39. The van der Waals surface area contributed by atoms with Gasteiger partial charge in [-0.3, -0.25) is 9.69 Å². The summed E-state index contributed by atoms with van der Waals surface area (Å²) in [6.07, 6.45) is 2.90. The molecule has 138 valence electrons. The van der Waals surface area contributed by atoms with Gasteiger partial charge in [-0.15, -0.1) is 36.2 Å². The van der Waals surface area contributed by atoms with Gasteiger partial charge in [0.25, 0.3) is 0 Å². The minimum atomic E-state index is 0. The number of anilines is 1. The minimum Gasteiger partial charge on any atom is -0.399 e. The summed E-state index contributed by atoms with van der Waals surface area (Å²) in [6, 6.07) is 12.0. The van der Waals surface area contributed by atoms with Crippen LogP contribution in [0.2, 0.25) is 0 Å². The maximum Gasteiger partial charge on any atom is 0.224 e. The lowest BCUT2D eigenvalue weighted by Gasteiger charge is -2.27. The monoisotopic (exact) mass is 401 g/mol. The summed E-state index contributed by atoms with van der Waals surface area (Å²) < 4.78 is 0. The van der Waals surface area contributed by atoms with Crippen LogP contribution in [0.1, 0.15) is 29.3 Å². The van der Waals surface area contributed by atoms with Crippen LogP contribution in [0.3, 0.4) is 0 Å². The molecular weight excluding hydrogens is 377 g/mol. The van der Waals surface area contributed by atoms with Crippen molar-refractivity contribution < 1.29 is 4.79 Å². The molecule has 1 aliphatic heterocycles. The first-order valence-corrected chi connectivity index (χ1v) is 8.99. The van der Waals surface area contributed by atoms with Crippen LogP contribution in [0.25, 0.3) is 0 Å². The van der Waals surface area contributed by atoms with Crippen LogP contribution >= 0.6 is 36.2 Å². The van der Waals surface area contributed by atoms with E-state index in [4.69, 9.17) is 5.73 Å². The highest BCUT2D eigenvalue weighted by Crippen LogP contribution is 2.27. The molecule has 1 amide bonds. The highest BCUT2D eigenvalue weighted by atomic mass is 35.5. The molecule has 3 N–H and O–H groups in total. The van der Waals surface area contributed by atoms with E-state index in [1.807, 2.05) is 24.3 Å². The van der Waals surface area contributed by atoms with Crippen molar-refractivity contribution in [2.24, 2.45) is 0 Å². The first-order chi connectivity index (χ1) is 11.2. The van der Waals surface area contributed by atoms with Crippen molar-refractivity contribution >= 4 is 47.7 Å². The number of rotatable bonds is 6. The van der Waals surface area contributed by atoms with Crippen molar-refractivity contribution in [1.29, 1.82) is 0 Å². The third kappa shape index (κ3) is 6.19. The number of carbonyl (C=O) groups excluding carboxylic acids is 1. The number of carbonyl (C=O) groups is 1. The minimum absolute atomic E-state index is 0. The molecule has 2 heterocycles. The number of hydrogen-bond acceptors (Lipinski definition) is 4. The lowest BCUT2D eigenvalue weighted by atomic mass is 10.1. The van der Waals surface area contributed by atoms with Crippen LogP contribution < -0.4 is 11.1 Å². The van der Waals surface area contributed by atoms with E-state index in [0.717, 1.165) is 24.3 Å². The molecule has 4 nitrogen and oxygen atoms in total. The van der Waals surface area contributed by atoms with E-state index in [1.54, 1.807) is 11.3 Å². The second kappa shape index (κ2) is 10.7. The molecule has 1 aromatic carbocycles. The van der Waals surface area contributed by atoms with Crippen LogP contribution in [0.5, 0.6) is 0 Å². The quantitative estimate of drug-likeness (QED) is 0.725. The standard InChI is InChI=1S/C18H23N3OS.2ClH/c19-15-7-5-14(6-8-15)12-18(22)20-13-16(17-4-3-11-23-17)21-9-1-2-10-21;;/h3-8,11,16H,1-2,9-10,12-13,19H2,(H,20,22);2*1H. The Hall–Kier alpha value is -1.27. The van der Waals surface area contributed by atoms with Gasteiger partial charge in [0.1, 0.15) is 0 Å². The van der Waals surface area contributed by atoms with Crippen molar-refractivity contribution in [3.05, 3.63) is 52.2 Å². The first kappa shape index (κ1) is 21.8. The molecule has 25 heavy (non-hydrogen) atoms. The van der Waals surface area contributed by atoms with Gasteiger partial charge in [-0.05, 0) is 55.1 Å². The zero-order valence-corrected chi connectivity index (χ0v) is 16.5. The van der Waals surface area contributed by atoms with Gasteiger partial charge in [0.2, 0.25) is 5.91 Å². The van der Waals surface area contributed by atoms with E-state index in [0.29, 0.717) is 19.0 Å². The molecule has 0 radical (unpaired) electrons. The summed E-state index contributed by atoms with van der Waals surface area (Å²) in [5.74, 6) is 0.0653. The van der Waals surface area contributed by atoms with Crippen molar-refractivity contribution in [1.82, 2.24) is 10.2 Å². The summed E-state index contributed by atoms with van der Waals surface area (Å²) in [6.45, 7) is 2.92. The zero-order valence-electron chi connectivity index (χ0n) is 14.0. The Balaban J connectivity index is 0.00000156. The molecule has 1 atom stereocenters. The third-order valence-corrected chi connectivity index (χ3v) is 5.26. The lowest BCUT2D eigenvalue weighted by Crippen LogP contribution is -2.37. The van der Waals surface area contributed by atoms with Crippen LogP contribution in [-0.4, -0.2) is 30.4 Å². The fourth-order valence-electron chi connectivity index (χ4n) is 3.04. The number of thiophene rings is 1. The molecule has 1 fully saturated rings. The Labute approximate surface area is 165 Å². The Bertz CT molecular complexity index is 628. The molecule has 7 heteroatoms. The first-order valence-electron chi connectivity index (χ1n) is 8.11.